The lowest BCUT2D eigenvalue weighted by Gasteiger charge is -2.34. The fourth-order valence-electron chi connectivity index (χ4n) is 6.07. The maximum absolute atomic E-state index is 15.4. The number of anilines is 2. The molecule has 0 bridgehead atoms. The number of halogens is 3. The van der Waals surface area contributed by atoms with Gasteiger partial charge in [-0.25, -0.2) is 4.39 Å². The SMILES string of the molecule is CCC(=O)N[C@H](Cc1ccc(NC(=O)[C@@H](NC(=O)C(F)(F)c2cccc(NC)c2)C2CCCCC2)c(F)c1)C(=O)N1CCN(C)CC1. The van der Waals surface area contributed by atoms with Crippen LogP contribution in [0.25, 0.3) is 0 Å². The molecule has 2 aromatic carbocycles. The van der Waals surface area contributed by atoms with Gasteiger partial charge in [0.15, 0.2) is 0 Å². The molecule has 4 N–H and O–H groups in total. The van der Waals surface area contributed by atoms with E-state index < -0.39 is 47.1 Å². The summed E-state index contributed by atoms with van der Waals surface area (Å²) in [5.74, 6) is -8.09. The van der Waals surface area contributed by atoms with E-state index in [4.69, 9.17) is 0 Å². The average Bonchev–Trinajstić information content (AvgIpc) is 3.08. The summed E-state index contributed by atoms with van der Waals surface area (Å²) in [5.41, 5.74) is 0.107. The first-order chi connectivity index (χ1) is 22.4. The number of carbonyl (C=O) groups excluding carboxylic acids is 4. The largest absolute Gasteiger partial charge is 0.388 e. The highest BCUT2D eigenvalue weighted by Crippen LogP contribution is 2.32. The fraction of sp³-hybridized carbons (Fsp3) is 0.529. The molecule has 1 aliphatic heterocycles. The van der Waals surface area contributed by atoms with Gasteiger partial charge >= 0.3 is 5.92 Å². The van der Waals surface area contributed by atoms with Gasteiger partial charge in [0.05, 0.1) is 5.69 Å². The molecule has 47 heavy (non-hydrogen) atoms. The Kier molecular flexibility index (Phi) is 12.3. The van der Waals surface area contributed by atoms with Crippen molar-refractivity contribution < 1.29 is 32.3 Å². The van der Waals surface area contributed by atoms with Gasteiger partial charge in [-0.1, -0.05) is 44.4 Å². The van der Waals surface area contributed by atoms with Crippen molar-refractivity contribution in [1.29, 1.82) is 0 Å². The van der Waals surface area contributed by atoms with Crippen LogP contribution in [0.5, 0.6) is 0 Å². The third-order valence-electron chi connectivity index (χ3n) is 8.99. The van der Waals surface area contributed by atoms with Crippen LogP contribution in [0.3, 0.4) is 0 Å². The van der Waals surface area contributed by atoms with Crippen LogP contribution in [0, 0.1) is 11.7 Å². The molecular formula is C34H45F3N6O4. The van der Waals surface area contributed by atoms with Gasteiger partial charge in [-0.15, -0.1) is 0 Å². The highest BCUT2D eigenvalue weighted by atomic mass is 19.3. The molecule has 4 amide bonds. The van der Waals surface area contributed by atoms with Crippen LogP contribution in [0.15, 0.2) is 42.5 Å². The van der Waals surface area contributed by atoms with E-state index >= 15 is 13.2 Å². The number of nitrogens with one attached hydrogen (secondary N) is 4. The molecule has 0 unspecified atom stereocenters. The van der Waals surface area contributed by atoms with Gasteiger partial charge in [0.25, 0.3) is 5.91 Å². The normalized spacial score (nSPS) is 17.4. The smallest absolute Gasteiger partial charge is 0.349 e. The molecule has 2 fully saturated rings. The second-order valence-electron chi connectivity index (χ2n) is 12.4. The molecule has 10 nitrogen and oxygen atoms in total. The van der Waals surface area contributed by atoms with E-state index in [1.807, 2.05) is 7.05 Å². The average molecular weight is 659 g/mol. The van der Waals surface area contributed by atoms with Gasteiger partial charge in [-0.05, 0) is 55.6 Å². The highest BCUT2D eigenvalue weighted by Gasteiger charge is 2.44. The Hall–Kier alpha value is -4.13. The van der Waals surface area contributed by atoms with Crippen molar-refractivity contribution in [3.05, 3.63) is 59.4 Å². The summed E-state index contributed by atoms with van der Waals surface area (Å²) in [6.45, 7) is 4.11. The van der Waals surface area contributed by atoms with Crippen LogP contribution >= 0.6 is 0 Å². The van der Waals surface area contributed by atoms with Crippen molar-refractivity contribution in [1.82, 2.24) is 20.4 Å². The van der Waals surface area contributed by atoms with Gasteiger partial charge in [0.2, 0.25) is 17.7 Å². The Labute approximate surface area is 273 Å². The lowest BCUT2D eigenvalue weighted by Crippen LogP contribution is -2.54. The third kappa shape index (κ3) is 9.24. The standard InChI is InChI=1S/C34H45F3N6O4/c1-4-29(44)39-28(32(46)43-17-15-42(3)16-18-43)20-22-13-14-27(26(35)19-22)40-31(45)30(23-9-6-5-7-10-23)41-33(47)34(36,37)24-11-8-12-25(21-24)38-2/h8,11-14,19,21,23,28,30,38H,4-7,9-10,15-18,20H2,1-3H3,(H,39,44)(H,40,45)(H,41,47)/t28-,30+/m1/s1. The van der Waals surface area contributed by atoms with Gasteiger partial charge in [-0.2, -0.15) is 8.78 Å². The maximum Gasteiger partial charge on any atom is 0.349 e. The van der Waals surface area contributed by atoms with E-state index in [1.54, 1.807) is 24.9 Å². The van der Waals surface area contributed by atoms with Gasteiger partial charge in [0.1, 0.15) is 17.9 Å². The molecule has 0 radical (unpaired) electrons. The van der Waals surface area contributed by atoms with E-state index in [0.717, 1.165) is 25.3 Å². The van der Waals surface area contributed by atoms with Crippen LogP contribution in [0.1, 0.15) is 56.6 Å². The molecule has 2 atom stereocenters. The molecule has 0 spiro atoms. The molecular weight excluding hydrogens is 613 g/mol. The zero-order valence-corrected chi connectivity index (χ0v) is 27.2. The van der Waals surface area contributed by atoms with E-state index in [-0.39, 0.29) is 30.3 Å². The second-order valence-corrected chi connectivity index (χ2v) is 12.4. The van der Waals surface area contributed by atoms with Crippen LogP contribution in [-0.4, -0.2) is 85.8 Å². The Bertz CT molecular complexity index is 1430. The summed E-state index contributed by atoms with van der Waals surface area (Å²) in [6.07, 6.45) is 3.79. The number of likely N-dealkylation sites (N-methyl/N-ethyl adjacent to an activating group) is 1. The monoisotopic (exact) mass is 658 g/mol. The van der Waals surface area contributed by atoms with Crippen LogP contribution in [0.4, 0.5) is 24.5 Å². The molecule has 1 aliphatic carbocycles. The molecule has 4 rings (SSSR count). The first-order valence-corrected chi connectivity index (χ1v) is 16.3. The predicted octanol–water partition coefficient (Wildman–Crippen LogP) is 3.87. The van der Waals surface area contributed by atoms with Crippen molar-refractivity contribution in [2.24, 2.45) is 5.92 Å². The fourth-order valence-corrected chi connectivity index (χ4v) is 6.07. The lowest BCUT2D eigenvalue weighted by atomic mass is 9.83. The van der Waals surface area contributed by atoms with E-state index in [0.29, 0.717) is 50.3 Å². The number of hydrogen-bond acceptors (Lipinski definition) is 6. The Morgan fingerprint density at radius 1 is 0.957 bits per heavy atom. The second kappa shape index (κ2) is 16.1. The molecule has 256 valence electrons. The van der Waals surface area contributed by atoms with Crippen molar-refractivity contribution in [3.8, 4) is 0 Å². The summed E-state index contributed by atoms with van der Waals surface area (Å²) in [7, 11) is 3.54. The number of carbonyl (C=O) groups is 4. The quantitative estimate of drug-likeness (QED) is 0.275. The van der Waals surface area contributed by atoms with Crippen molar-refractivity contribution in [2.75, 3.05) is 50.9 Å². The number of nitrogens with zero attached hydrogens (tertiary/aromatic N) is 2. The van der Waals surface area contributed by atoms with E-state index in [9.17, 15) is 19.2 Å². The maximum atomic E-state index is 15.4. The van der Waals surface area contributed by atoms with Gasteiger partial charge < -0.3 is 31.1 Å². The van der Waals surface area contributed by atoms with E-state index in [1.165, 1.54) is 30.3 Å². The van der Waals surface area contributed by atoms with Crippen LogP contribution in [0.2, 0.25) is 0 Å². The third-order valence-corrected chi connectivity index (χ3v) is 8.99. The lowest BCUT2D eigenvalue weighted by molar-refractivity contribution is -0.149. The summed E-state index contributed by atoms with van der Waals surface area (Å²) < 4.78 is 46.0. The zero-order chi connectivity index (χ0) is 34.1. The molecule has 1 saturated heterocycles. The Balaban J connectivity index is 1.49. The molecule has 2 aliphatic rings. The molecule has 1 saturated carbocycles. The van der Waals surface area contributed by atoms with Crippen LogP contribution in [-0.2, 0) is 31.5 Å². The topological polar surface area (TPSA) is 123 Å². The summed E-state index contributed by atoms with van der Waals surface area (Å²) in [4.78, 5) is 55.8. The number of rotatable bonds is 12. The number of alkyl halides is 2. The van der Waals surface area contributed by atoms with Crippen LogP contribution < -0.4 is 21.3 Å². The van der Waals surface area contributed by atoms with Crippen molar-refractivity contribution in [3.63, 3.8) is 0 Å². The predicted molar refractivity (Wildman–Crippen MR) is 173 cm³/mol. The first-order valence-electron chi connectivity index (χ1n) is 16.3. The zero-order valence-electron chi connectivity index (χ0n) is 27.2. The number of piperazine rings is 1. The van der Waals surface area contributed by atoms with Crippen molar-refractivity contribution in [2.45, 2.75) is 69.9 Å². The minimum Gasteiger partial charge on any atom is -0.388 e. The van der Waals surface area contributed by atoms with Gasteiger partial charge in [-0.3, -0.25) is 19.2 Å². The molecule has 0 aromatic heterocycles. The number of amides is 4. The summed E-state index contributed by atoms with van der Waals surface area (Å²) in [6, 6.07) is 7.15. The summed E-state index contributed by atoms with van der Waals surface area (Å²) >= 11 is 0. The minimum atomic E-state index is -3.92. The highest BCUT2D eigenvalue weighted by molar-refractivity contribution is 5.98. The number of benzene rings is 2. The Morgan fingerprint density at radius 2 is 1.66 bits per heavy atom. The first kappa shape index (κ1) is 35.7. The minimum absolute atomic E-state index is 0.0344. The van der Waals surface area contributed by atoms with Crippen molar-refractivity contribution >= 4 is 35.0 Å². The Morgan fingerprint density at radius 3 is 2.30 bits per heavy atom. The summed E-state index contributed by atoms with van der Waals surface area (Å²) in [5, 5.41) is 10.3. The van der Waals surface area contributed by atoms with Gasteiger partial charge in [0, 0.05) is 57.3 Å². The van der Waals surface area contributed by atoms with E-state index in [2.05, 4.69) is 26.2 Å². The number of hydrogen-bond donors (Lipinski definition) is 4. The molecule has 2 aromatic rings. The molecule has 13 heteroatoms. The molecule has 1 heterocycles.